The van der Waals surface area contributed by atoms with Gasteiger partial charge in [0.15, 0.2) is 16.8 Å². The molecule has 0 aliphatic heterocycles. The molecule has 4 aromatic rings. The molecule has 0 radical (unpaired) electrons. The van der Waals surface area contributed by atoms with Gasteiger partial charge in [-0.1, -0.05) is 62.9 Å². The van der Waals surface area contributed by atoms with Crippen molar-refractivity contribution in [1.82, 2.24) is 14.8 Å². The monoisotopic (exact) mass is 555 g/mol. The minimum atomic E-state index is -0.370. The highest BCUT2D eigenvalue weighted by atomic mass is 79.9. The largest absolute Gasteiger partial charge is 0.486 e. The van der Waals surface area contributed by atoms with Crippen molar-refractivity contribution in [3.8, 4) is 11.4 Å². The molecule has 0 aliphatic carbocycles. The van der Waals surface area contributed by atoms with Crippen molar-refractivity contribution < 1.29 is 13.9 Å². The van der Waals surface area contributed by atoms with Gasteiger partial charge in [0, 0.05) is 11.3 Å². The second-order valence-electron chi connectivity index (χ2n) is 8.85. The highest BCUT2D eigenvalue weighted by molar-refractivity contribution is 8.93. The van der Waals surface area contributed by atoms with Crippen LogP contribution in [-0.2, 0) is 12.0 Å². The van der Waals surface area contributed by atoms with E-state index in [2.05, 4.69) is 43.1 Å². The van der Waals surface area contributed by atoms with E-state index < -0.39 is 0 Å². The number of thioether (sulfide) groups is 1. The Morgan fingerprint density at radius 2 is 1.60 bits per heavy atom. The number of halogens is 2. The third kappa shape index (κ3) is 6.80. The highest BCUT2D eigenvalue weighted by Crippen LogP contribution is 2.26. The molecule has 0 spiro atoms. The van der Waals surface area contributed by atoms with Gasteiger partial charge in [-0.15, -0.1) is 27.2 Å². The predicted octanol–water partition coefficient (Wildman–Crippen LogP) is 6.84. The maximum Gasteiger partial charge on any atom is 0.196 e. The van der Waals surface area contributed by atoms with Gasteiger partial charge in [0.1, 0.15) is 18.2 Å². The molecule has 3 aromatic carbocycles. The van der Waals surface area contributed by atoms with Crippen LogP contribution in [0.5, 0.6) is 5.75 Å². The average Bonchev–Trinajstić information content (AvgIpc) is 3.24. The van der Waals surface area contributed by atoms with Crippen molar-refractivity contribution in [2.75, 3.05) is 5.75 Å². The van der Waals surface area contributed by atoms with Crippen LogP contribution in [0.1, 0.15) is 42.5 Å². The number of carbonyl (C=O) groups excluding carboxylic acids is 1. The summed E-state index contributed by atoms with van der Waals surface area (Å²) in [5.74, 6) is 1.06. The van der Waals surface area contributed by atoms with Crippen LogP contribution < -0.4 is 4.74 Å². The minimum absolute atomic E-state index is 0. The molecule has 35 heavy (non-hydrogen) atoms. The first-order valence-corrected chi connectivity index (χ1v) is 11.9. The number of aromatic nitrogens is 3. The Hall–Kier alpha value is -2.97. The zero-order chi connectivity index (χ0) is 24.1. The molecule has 0 aliphatic rings. The topological polar surface area (TPSA) is 57.0 Å². The molecule has 0 atom stereocenters. The smallest absolute Gasteiger partial charge is 0.196 e. The molecule has 5 nitrogen and oxygen atoms in total. The number of ketones is 1. The van der Waals surface area contributed by atoms with Gasteiger partial charge in [-0.25, -0.2) is 4.39 Å². The van der Waals surface area contributed by atoms with Crippen LogP contribution in [0, 0.1) is 5.82 Å². The SMILES string of the molecule is Br.CC(C)(C)c1ccc(OCc2nnc(SCC(=O)c3ccc(F)cc3)n2-c2ccccc2)cc1. The lowest BCUT2D eigenvalue weighted by Crippen LogP contribution is -2.11. The number of Topliss-reactive ketones (excluding diaryl/α,β-unsaturated/α-hetero) is 1. The Morgan fingerprint density at radius 1 is 0.943 bits per heavy atom. The van der Waals surface area contributed by atoms with Crippen molar-refractivity contribution in [2.45, 2.75) is 37.9 Å². The number of nitrogens with zero attached hydrogens (tertiary/aromatic N) is 3. The first kappa shape index (κ1) is 26.6. The van der Waals surface area contributed by atoms with Crippen molar-refractivity contribution >= 4 is 34.5 Å². The molecule has 1 aromatic heterocycles. The number of rotatable bonds is 8. The van der Waals surface area contributed by atoms with Crippen LogP contribution in [-0.4, -0.2) is 26.3 Å². The Labute approximate surface area is 219 Å². The van der Waals surface area contributed by atoms with Gasteiger partial charge in [0.05, 0.1) is 5.75 Å². The van der Waals surface area contributed by atoms with E-state index in [4.69, 9.17) is 4.74 Å². The molecule has 0 N–H and O–H groups in total. The molecular formula is C27H27BrFN3O2S. The summed E-state index contributed by atoms with van der Waals surface area (Å²) in [4.78, 5) is 12.6. The first-order valence-electron chi connectivity index (χ1n) is 11.0. The molecule has 0 fully saturated rings. The number of para-hydroxylation sites is 1. The number of hydrogen-bond acceptors (Lipinski definition) is 5. The molecule has 1 heterocycles. The summed E-state index contributed by atoms with van der Waals surface area (Å²) in [6, 6.07) is 23.3. The molecule has 0 saturated carbocycles. The lowest BCUT2D eigenvalue weighted by Gasteiger charge is -2.19. The number of benzene rings is 3. The summed E-state index contributed by atoms with van der Waals surface area (Å²) in [6.07, 6.45) is 0. The summed E-state index contributed by atoms with van der Waals surface area (Å²) in [6.45, 7) is 6.74. The van der Waals surface area contributed by atoms with Gasteiger partial charge in [0.2, 0.25) is 0 Å². The zero-order valence-electron chi connectivity index (χ0n) is 19.8. The minimum Gasteiger partial charge on any atom is -0.486 e. The van der Waals surface area contributed by atoms with Crippen LogP contribution >= 0.6 is 28.7 Å². The van der Waals surface area contributed by atoms with Crippen molar-refractivity contribution in [3.05, 3.63) is 102 Å². The van der Waals surface area contributed by atoms with Crippen molar-refractivity contribution in [2.24, 2.45) is 0 Å². The van der Waals surface area contributed by atoms with E-state index in [1.165, 1.54) is 41.6 Å². The van der Waals surface area contributed by atoms with E-state index in [9.17, 15) is 9.18 Å². The van der Waals surface area contributed by atoms with E-state index in [0.717, 1.165) is 11.4 Å². The lowest BCUT2D eigenvalue weighted by atomic mass is 9.87. The van der Waals surface area contributed by atoms with E-state index in [0.29, 0.717) is 16.5 Å². The van der Waals surface area contributed by atoms with Gasteiger partial charge in [-0.05, 0) is 59.5 Å². The summed E-state index contributed by atoms with van der Waals surface area (Å²) >= 11 is 1.29. The van der Waals surface area contributed by atoms with Gasteiger partial charge < -0.3 is 4.74 Å². The Balaban J connectivity index is 0.00000342. The Kier molecular flexibility index (Phi) is 8.86. The van der Waals surface area contributed by atoms with Crippen LogP contribution in [0.2, 0.25) is 0 Å². The normalized spacial score (nSPS) is 11.1. The Morgan fingerprint density at radius 3 is 2.23 bits per heavy atom. The van der Waals surface area contributed by atoms with Crippen LogP contribution in [0.3, 0.4) is 0 Å². The maximum absolute atomic E-state index is 13.2. The van der Waals surface area contributed by atoms with Crippen LogP contribution in [0.15, 0.2) is 84.0 Å². The van der Waals surface area contributed by atoms with E-state index in [1.54, 1.807) is 0 Å². The second-order valence-corrected chi connectivity index (χ2v) is 9.79. The fraction of sp³-hybridized carbons (Fsp3) is 0.222. The predicted molar refractivity (Wildman–Crippen MR) is 143 cm³/mol. The molecule has 182 valence electrons. The summed E-state index contributed by atoms with van der Waals surface area (Å²) in [7, 11) is 0. The van der Waals surface area contributed by atoms with Gasteiger partial charge in [-0.2, -0.15) is 0 Å². The van der Waals surface area contributed by atoms with Crippen molar-refractivity contribution in [1.29, 1.82) is 0 Å². The standard InChI is InChI=1S/C27H26FN3O2S.BrH/c1-27(2,3)20-11-15-23(16-12-20)33-17-25-29-30-26(31(25)22-7-5-4-6-8-22)34-18-24(32)19-9-13-21(28)14-10-19;/h4-16H,17-18H2,1-3H3;1H. The number of ether oxygens (including phenoxy) is 1. The fourth-order valence-corrected chi connectivity index (χ4v) is 4.24. The number of hydrogen-bond donors (Lipinski definition) is 0. The zero-order valence-corrected chi connectivity index (χ0v) is 22.3. The van der Waals surface area contributed by atoms with Gasteiger partial charge >= 0.3 is 0 Å². The average molecular weight is 557 g/mol. The molecule has 0 saturated heterocycles. The van der Waals surface area contributed by atoms with Crippen LogP contribution in [0.4, 0.5) is 4.39 Å². The van der Waals surface area contributed by atoms with Gasteiger partial charge in [0.25, 0.3) is 0 Å². The van der Waals surface area contributed by atoms with E-state index in [1.807, 2.05) is 47.0 Å². The third-order valence-corrected chi connectivity index (χ3v) is 6.23. The molecular weight excluding hydrogens is 529 g/mol. The second kappa shape index (κ2) is 11.6. The first-order chi connectivity index (χ1) is 16.3. The molecule has 4 rings (SSSR count). The number of carbonyl (C=O) groups is 1. The van der Waals surface area contributed by atoms with Crippen LogP contribution in [0.25, 0.3) is 5.69 Å². The summed E-state index contributed by atoms with van der Waals surface area (Å²) in [5.41, 5.74) is 2.65. The van der Waals surface area contributed by atoms with Gasteiger partial charge in [-0.3, -0.25) is 9.36 Å². The Bertz CT molecular complexity index is 1250. The highest BCUT2D eigenvalue weighted by Gasteiger charge is 2.18. The summed E-state index contributed by atoms with van der Waals surface area (Å²) < 4.78 is 21.1. The molecule has 8 heteroatoms. The lowest BCUT2D eigenvalue weighted by molar-refractivity contribution is 0.102. The van der Waals surface area contributed by atoms with E-state index >= 15 is 0 Å². The maximum atomic E-state index is 13.2. The molecule has 0 bridgehead atoms. The molecule has 0 amide bonds. The van der Waals surface area contributed by atoms with Crippen molar-refractivity contribution in [3.63, 3.8) is 0 Å². The third-order valence-electron chi connectivity index (χ3n) is 5.30. The van der Waals surface area contributed by atoms with E-state index in [-0.39, 0.29) is 46.4 Å². The quantitative estimate of drug-likeness (QED) is 0.176. The fourth-order valence-electron chi connectivity index (χ4n) is 3.37. The molecule has 0 unspecified atom stereocenters. The summed E-state index contributed by atoms with van der Waals surface area (Å²) in [5, 5.41) is 9.23.